The lowest BCUT2D eigenvalue weighted by Crippen LogP contribution is -2.05. The molecule has 0 bridgehead atoms. The van der Waals surface area contributed by atoms with E-state index in [1.165, 1.54) is 6.33 Å². The number of hydrogen-bond donors (Lipinski definition) is 0. The molecule has 1 aromatic heterocycles. The first-order valence-corrected chi connectivity index (χ1v) is 4.86. The minimum absolute atomic E-state index is 0.355. The maximum absolute atomic E-state index is 12.5. The lowest BCUT2D eigenvalue weighted by Gasteiger charge is -2.07. The molecule has 6 heteroatoms. The first-order chi connectivity index (χ1) is 6.89. The third kappa shape index (κ3) is 1.73. The van der Waals surface area contributed by atoms with Gasteiger partial charge in [0.2, 0.25) is 0 Å². The molecule has 80 valence electrons. The predicted molar refractivity (Wildman–Crippen MR) is 53.4 cm³/mol. The van der Waals surface area contributed by atoms with Crippen molar-refractivity contribution in [2.45, 2.75) is 6.18 Å². The van der Waals surface area contributed by atoms with Crippen molar-refractivity contribution < 1.29 is 13.2 Å². The van der Waals surface area contributed by atoms with Crippen molar-refractivity contribution >= 4 is 27.0 Å². The fourth-order valence-corrected chi connectivity index (χ4v) is 1.90. The lowest BCUT2D eigenvalue weighted by molar-refractivity contribution is -0.137. The number of aromatic nitrogens is 2. The second-order valence-electron chi connectivity index (χ2n) is 3.18. The summed E-state index contributed by atoms with van der Waals surface area (Å²) in [5, 5.41) is 0. The maximum Gasteiger partial charge on any atom is 0.416 e. The Morgan fingerprint density at radius 1 is 1.33 bits per heavy atom. The van der Waals surface area contributed by atoms with Crippen LogP contribution in [0.2, 0.25) is 0 Å². The van der Waals surface area contributed by atoms with Crippen molar-refractivity contribution in [2.75, 3.05) is 0 Å². The van der Waals surface area contributed by atoms with Crippen LogP contribution in [0.3, 0.4) is 0 Å². The zero-order valence-electron chi connectivity index (χ0n) is 7.64. The summed E-state index contributed by atoms with van der Waals surface area (Å²) in [6, 6.07) is 2.13. The Bertz CT molecular complexity index is 516. The molecule has 2 rings (SSSR count). The average Bonchev–Trinajstić information content (AvgIpc) is 2.47. The van der Waals surface area contributed by atoms with Crippen LogP contribution in [-0.4, -0.2) is 9.55 Å². The number of nitrogens with zero attached hydrogens (tertiary/aromatic N) is 2. The minimum atomic E-state index is -4.33. The van der Waals surface area contributed by atoms with Crippen LogP contribution in [0.5, 0.6) is 0 Å². The molecule has 1 heterocycles. The molecule has 1 aromatic carbocycles. The van der Waals surface area contributed by atoms with Gasteiger partial charge in [-0.15, -0.1) is 0 Å². The molecule has 2 aromatic rings. The third-order valence-electron chi connectivity index (χ3n) is 2.11. The van der Waals surface area contributed by atoms with Gasteiger partial charge in [0.05, 0.1) is 17.4 Å². The number of alkyl halides is 3. The molecule has 2 nitrogen and oxygen atoms in total. The highest BCUT2D eigenvalue weighted by molar-refractivity contribution is 9.10. The van der Waals surface area contributed by atoms with Crippen molar-refractivity contribution in [1.82, 2.24) is 9.55 Å². The van der Waals surface area contributed by atoms with E-state index in [0.717, 1.165) is 12.1 Å². The van der Waals surface area contributed by atoms with E-state index in [4.69, 9.17) is 0 Å². The monoisotopic (exact) mass is 278 g/mol. The molecule has 0 aliphatic rings. The van der Waals surface area contributed by atoms with Gasteiger partial charge < -0.3 is 4.57 Å². The highest BCUT2D eigenvalue weighted by atomic mass is 79.9. The van der Waals surface area contributed by atoms with Crippen molar-refractivity contribution in [2.24, 2.45) is 7.05 Å². The summed E-state index contributed by atoms with van der Waals surface area (Å²) in [6.45, 7) is 0. The van der Waals surface area contributed by atoms with E-state index in [9.17, 15) is 13.2 Å². The number of rotatable bonds is 0. The molecular weight excluding hydrogens is 273 g/mol. The smallest absolute Gasteiger partial charge is 0.334 e. The van der Waals surface area contributed by atoms with Crippen LogP contribution in [0.4, 0.5) is 13.2 Å². The van der Waals surface area contributed by atoms with Crippen LogP contribution >= 0.6 is 15.9 Å². The SMILES string of the molecule is Cn1cnc2c(Br)cc(C(F)(F)F)cc21. The van der Waals surface area contributed by atoms with Gasteiger partial charge in [-0.1, -0.05) is 0 Å². The highest BCUT2D eigenvalue weighted by Gasteiger charge is 2.31. The molecule has 0 saturated heterocycles. The molecule has 0 aliphatic carbocycles. The summed E-state index contributed by atoms with van der Waals surface area (Å²) in [7, 11) is 1.65. The number of hydrogen-bond acceptors (Lipinski definition) is 1. The quantitative estimate of drug-likeness (QED) is 0.723. The molecular formula is C9H6BrF3N2. The number of halogens is 4. The molecule has 0 saturated carbocycles. The second-order valence-corrected chi connectivity index (χ2v) is 4.03. The molecule has 0 fully saturated rings. The van der Waals surface area contributed by atoms with Crippen molar-refractivity contribution in [3.8, 4) is 0 Å². The standard InChI is InChI=1S/C9H6BrF3N2/c1-15-4-14-8-6(10)2-5(3-7(8)15)9(11,12)13/h2-4H,1H3. The van der Waals surface area contributed by atoms with E-state index < -0.39 is 11.7 Å². The van der Waals surface area contributed by atoms with Crippen molar-refractivity contribution in [3.63, 3.8) is 0 Å². The predicted octanol–water partition coefficient (Wildman–Crippen LogP) is 3.35. The van der Waals surface area contributed by atoms with Crippen LogP contribution < -0.4 is 0 Å². The number of fused-ring (bicyclic) bond motifs is 1. The first kappa shape index (κ1) is 10.5. The van der Waals surface area contributed by atoms with Crippen molar-refractivity contribution in [1.29, 1.82) is 0 Å². The van der Waals surface area contributed by atoms with E-state index in [0.29, 0.717) is 15.5 Å². The summed E-state index contributed by atoms with van der Waals surface area (Å²) in [5.74, 6) is 0. The fourth-order valence-electron chi connectivity index (χ4n) is 1.35. The average molecular weight is 279 g/mol. The van der Waals surface area contributed by atoms with Gasteiger partial charge in [0, 0.05) is 11.5 Å². The molecule has 0 atom stereocenters. The first-order valence-electron chi connectivity index (χ1n) is 4.07. The number of aryl methyl sites for hydroxylation is 1. The molecule has 0 aliphatic heterocycles. The number of benzene rings is 1. The van der Waals surface area contributed by atoms with Crippen molar-refractivity contribution in [3.05, 3.63) is 28.5 Å². The summed E-state index contributed by atoms with van der Waals surface area (Å²) in [4.78, 5) is 3.99. The van der Waals surface area contributed by atoms with Gasteiger partial charge in [-0.3, -0.25) is 0 Å². The Morgan fingerprint density at radius 3 is 2.60 bits per heavy atom. The van der Waals surface area contributed by atoms with Crippen LogP contribution in [0.15, 0.2) is 22.9 Å². The van der Waals surface area contributed by atoms with Gasteiger partial charge in [0.1, 0.15) is 5.52 Å². The normalized spacial score (nSPS) is 12.3. The largest absolute Gasteiger partial charge is 0.416 e. The molecule has 0 unspecified atom stereocenters. The Morgan fingerprint density at radius 2 is 2.00 bits per heavy atom. The molecule has 0 N–H and O–H groups in total. The van der Waals surface area contributed by atoms with Gasteiger partial charge in [0.15, 0.2) is 0 Å². The van der Waals surface area contributed by atoms with Gasteiger partial charge >= 0.3 is 6.18 Å². The van der Waals surface area contributed by atoms with Crippen LogP contribution in [0.1, 0.15) is 5.56 Å². The van der Waals surface area contributed by atoms with E-state index in [1.54, 1.807) is 11.6 Å². The van der Waals surface area contributed by atoms with Crippen LogP contribution in [0, 0.1) is 0 Å². The fraction of sp³-hybridized carbons (Fsp3) is 0.222. The minimum Gasteiger partial charge on any atom is -0.334 e. The van der Waals surface area contributed by atoms with E-state index in [2.05, 4.69) is 20.9 Å². The summed E-state index contributed by atoms with van der Waals surface area (Å²) >= 11 is 3.08. The van der Waals surface area contributed by atoms with Gasteiger partial charge in [-0.2, -0.15) is 13.2 Å². The van der Waals surface area contributed by atoms with Gasteiger partial charge in [-0.05, 0) is 28.1 Å². The van der Waals surface area contributed by atoms with Crippen LogP contribution in [0.25, 0.3) is 11.0 Å². The van der Waals surface area contributed by atoms with E-state index in [1.807, 2.05) is 0 Å². The van der Waals surface area contributed by atoms with Gasteiger partial charge in [-0.25, -0.2) is 4.98 Å². The van der Waals surface area contributed by atoms with E-state index in [-0.39, 0.29) is 0 Å². The topological polar surface area (TPSA) is 17.8 Å². The Labute approximate surface area is 91.8 Å². The summed E-state index contributed by atoms with van der Waals surface area (Å²) in [5.41, 5.74) is 0.313. The third-order valence-corrected chi connectivity index (χ3v) is 2.72. The zero-order chi connectivity index (χ0) is 11.2. The van der Waals surface area contributed by atoms with Gasteiger partial charge in [0.25, 0.3) is 0 Å². The summed E-state index contributed by atoms with van der Waals surface area (Å²) in [6.07, 6.45) is -2.85. The van der Waals surface area contributed by atoms with Crippen LogP contribution in [-0.2, 0) is 13.2 Å². The molecule has 0 spiro atoms. The lowest BCUT2D eigenvalue weighted by atomic mass is 10.2. The molecule has 0 radical (unpaired) electrons. The van der Waals surface area contributed by atoms with E-state index >= 15 is 0 Å². The molecule has 15 heavy (non-hydrogen) atoms. The second kappa shape index (κ2) is 3.23. The molecule has 0 amide bonds. The highest BCUT2D eigenvalue weighted by Crippen LogP contribution is 2.34. The Balaban J connectivity index is 2.76. The Hall–Kier alpha value is -1.04. The Kier molecular flexibility index (Phi) is 2.26. The summed E-state index contributed by atoms with van der Waals surface area (Å²) < 4.78 is 39.4. The number of imidazole rings is 1. The zero-order valence-corrected chi connectivity index (χ0v) is 9.22. The maximum atomic E-state index is 12.5.